The molecule has 1 saturated heterocycles. The summed E-state index contributed by atoms with van der Waals surface area (Å²) in [5.41, 5.74) is 0.698. The van der Waals surface area contributed by atoms with Gasteiger partial charge in [-0.05, 0) is 24.3 Å². The molecule has 1 aromatic carbocycles. The van der Waals surface area contributed by atoms with Gasteiger partial charge < -0.3 is 18.6 Å². The second-order valence-corrected chi connectivity index (χ2v) is 6.82. The van der Waals surface area contributed by atoms with Crippen LogP contribution in [0.2, 0.25) is 5.02 Å². The van der Waals surface area contributed by atoms with E-state index in [1.165, 1.54) is 0 Å². The van der Waals surface area contributed by atoms with E-state index in [1.54, 1.807) is 47.6 Å². The number of rotatable bonds is 6. The van der Waals surface area contributed by atoms with Crippen molar-refractivity contribution in [3.63, 3.8) is 0 Å². The molecule has 0 bridgehead atoms. The first kappa shape index (κ1) is 18.2. The largest absolute Gasteiger partial charge is 0.467 e. The first-order valence-electron chi connectivity index (χ1n) is 8.64. The molecule has 1 atom stereocenters. The quantitative estimate of drug-likeness (QED) is 0.585. The van der Waals surface area contributed by atoms with Gasteiger partial charge in [0.15, 0.2) is 6.61 Å². The van der Waals surface area contributed by atoms with Gasteiger partial charge in [0.1, 0.15) is 5.76 Å². The topological polar surface area (TPSA) is 98.7 Å². The molecule has 8 nitrogen and oxygen atoms in total. The number of amides is 1. The molecule has 9 heteroatoms. The summed E-state index contributed by atoms with van der Waals surface area (Å²) >= 11 is 5.95. The minimum Gasteiger partial charge on any atom is -0.467 e. The van der Waals surface area contributed by atoms with E-state index in [-0.39, 0.29) is 31.4 Å². The van der Waals surface area contributed by atoms with E-state index >= 15 is 0 Å². The molecule has 0 aliphatic carbocycles. The molecule has 28 heavy (non-hydrogen) atoms. The molecule has 1 amide bonds. The third-order valence-corrected chi connectivity index (χ3v) is 4.60. The van der Waals surface area contributed by atoms with Crippen molar-refractivity contribution in [3.8, 4) is 11.4 Å². The maximum absolute atomic E-state index is 12.3. The molecule has 0 saturated carbocycles. The molecule has 2 aromatic heterocycles. The molecule has 1 aliphatic heterocycles. The Morgan fingerprint density at radius 3 is 3.00 bits per heavy atom. The summed E-state index contributed by atoms with van der Waals surface area (Å²) in [6, 6.07) is 10.6. The molecule has 3 heterocycles. The Morgan fingerprint density at radius 1 is 1.32 bits per heavy atom. The van der Waals surface area contributed by atoms with Crippen LogP contribution in [0.5, 0.6) is 0 Å². The maximum Gasteiger partial charge on any atom is 0.311 e. The predicted octanol–water partition coefficient (Wildman–Crippen LogP) is 3.07. The van der Waals surface area contributed by atoms with Crippen LogP contribution in [-0.2, 0) is 27.5 Å². The number of ether oxygens (including phenoxy) is 1. The van der Waals surface area contributed by atoms with Gasteiger partial charge >= 0.3 is 5.97 Å². The summed E-state index contributed by atoms with van der Waals surface area (Å²) in [6.45, 7) is 0.466. The lowest BCUT2D eigenvalue weighted by Crippen LogP contribution is -2.26. The standard InChI is InChI=1S/C19H16ClN3O5/c20-14-4-1-3-12(7-14)18-21-16(28-22-18)11-27-19(25)13-8-17(24)23(9-13)10-15-5-2-6-26-15/h1-7,13H,8-11H2/t13-/m0/s1. The van der Waals surface area contributed by atoms with Gasteiger partial charge in [-0.15, -0.1) is 0 Å². The van der Waals surface area contributed by atoms with Crippen molar-refractivity contribution < 1.29 is 23.3 Å². The average molecular weight is 402 g/mol. The van der Waals surface area contributed by atoms with E-state index in [0.29, 0.717) is 28.7 Å². The van der Waals surface area contributed by atoms with Crippen LogP contribution in [0.3, 0.4) is 0 Å². The molecule has 1 fully saturated rings. The predicted molar refractivity (Wildman–Crippen MR) is 96.8 cm³/mol. The number of benzene rings is 1. The van der Waals surface area contributed by atoms with Crippen LogP contribution in [0.15, 0.2) is 51.6 Å². The van der Waals surface area contributed by atoms with Gasteiger partial charge in [-0.3, -0.25) is 9.59 Å². The summed E-state index contributed by atoms with van der Waals surface area (Å²) < 4.78 is 15.6. The fourth-order valence-corrected chi connectivity index (χ4v) is 3.17. The van der Waals surface area contributed by atoms with Crippen LogP contribution >= 0.6 is 11.6 Å². The normalized spacial score (nSPS) is 16.5. The number of carbonyl (C=O) groups is 2. The number of hydrogen-bond acceptors (Lipinski definition) is 7. The Morgan fingerprint density at radius 2 is 2.21 bits per heavy atom. The van der Waals surface area contributed by atoms with Crippen LogP contribution in [-0.4, -0.2) is 33.5 Å². The van der Waals surface area contributed by atoms with E-state index in [9.17, 15) is 9.59 Å². The summed E-state index contributed by atoms with van der Waals surface area (Å²) in [6.07, 6.45) is 1.65. The van der Waals surface area contributed by atoms with Gasteiger partial charge in [-0.2, -0.15) is 4.98 Å². The number of aromatic nitrogens is 2. The molecule has 0 unspecified atom stereocenters. The second kappa shape index (κ2) is 7.85. The number of nitrogens with zero attached hydrogens (tertiary/aromatic N) is 3. The van der Waals surface area contributed by atoms with Crippen molar-refractivity contribution >= 4 is 23.5 Å². The van der Waals surface area contributed by atoms with Crippen molar-refractivity contribution in [2.24, 2.45) is 5.92 Å². The molecule has 0 N–H and O–H groups in total. The Hall–Kier alpha value is -3.13. The van der Waals surface area contributed by atoms with E-state index in [4.69, 9.17) is 25.3 Å². The highest BCUT2D eigenvalue weighted by Crippen LogP contribution is 2.23. The highest BCUT2D eigenvalue weighted by Gasteiger charge is 2.35. The lowest BCUT2D eigenvalue weighted by Gasteiger charge is -2.14. The van der Waals surface area contributed by atoms with Crippen molar-refractivity contribution in [1.82, 2.24) is 15.0 Å². The fraction of sp³-hybridized carbons (Fsp3) is 0.263. The zero-order chi connectivity index (χ0) is 19.5. The maximum atomic E-state index is 12.3. The number of carbonyl (C=O) groups excluding carboxylic acids is 2. The average Bonchev–Trinajstić information content (AvgIpc) is 3.42. The lowest BCUT2D eigenvalue weighted by atomic mass is 10.1. The Kier molecular flexibility index (Phi) is 5.12. The molecule has 0 spiro atoms. The number of likely N-dealkylation sites (tertiary alicyclic amines) is 1. The molecule has 4 rings (SSSR count). The number of esters is 1. The summed E-state index contributed by atoms with van der Waals surface area (Å²) in [5, 5.41) is 4.42. The van der Waals surface area contributed by atoms with E-state index in [2.05, 4.69) is 10.1 Å². The second-order valence-electron chi connectivity index (χ2n) is 6.38. The van der Waals surface area contributed by atoms with E-state index in [1.807, 2.05) is 0 Å². The van der Waals surface area contributed by atoms with Crippen molar-refractivity contribution in [3.05, 3.63) is 59.3 Å². The van der Waals surface area contributed by atoms with E-state index < -0.39 is 11.9 Å². The highest BCUT2D eigenvalue weighted by atomic mass is 35.5. The van der Waals surface area contributed by atoms with Gasteiger partial charge in [0.2, 0.25) is 11.7 Å². The molecule has 0 radical (unpaired) electrons. The van der Waals surface area contributed by atoms with Crippen LogP contribution in [0.25, 0.3) is 11.4 Å². The van der Waals surface area contributed by atoms with Crippen LogP contribution in [0, 0.1) is 5.92 Å². The Labute approximate surface area is 165 Å². The van der Waals surface area contributed by atoms with Gasteiger partial charge in [-0.25, -0.2) is 0 Å². The molecule has 3 aromatic rings. The van der Waals surface area contributed by atoms with Gasteiger partial charge in [0.05, 0.1) is 18.7 Å². The molecular weight excluding hydrogens is 386 g/mol. The zero-order valence-electron chi connectivity index (χ0n) is 14.7. The monoisotopic (exact) mass is 401 g/mol. The van der Waals surface area contributed by atoms with Crippen LogP contribution in [0.1, 0.15) is 18.1 Å². The third-order valence-electron chi connectivity index (χ3n) is 4.36. The van der Waals surface area contributed by atoms with E-state index in [0.717, 1.165) is 0 Å². The van der Waals surface area contributed by atoms with Crippen molar-refractivity contribution in [2.45, 2.75) is 19.6 Å². The summed E-state index contributed by atoms with van der Waals surface area (Å²) in [7, 11) is 0. The first-order chi connectivity index (χ1) is 13.6. The Balaban J connectivity index is 1.32. The van der Waals surface area contributed by atoms with Crippen LogP contribution < -0.4 is 0 Å². The van der Waals surface area contributed by atoms with Crippen molar-refractivity contribution in [1.29, 1.82) is 0 Å². The van der Waals surface area contributed by atoms with Gasteiger partial charge in [0, 0.05) is 23.6 Å². The highest BCUT2D eigenvalue weighted by molar-refractivity contribution is 6.30. The number of furan rings is 1. The van der Waals surface area contributed by atoms with Crippen molar-refractivity contribution in [2.75, 3.05) is 6.54 Å². The lowest BCUT2D eigenvalue weighted by molar-refractivity contribution is -0.150. The SMILES string of the molecule is O=C(OCc1nc(-c2cccc(Cl)c2)no1)[C@H]1CC(=O)N(Cc2ccco2)C1. The smallest absolute Gasteiger partial charge is 0.311 e. The number of hydrogen-bond donors (Lipinski definition) is 0. The van der Waals surface area contributed by atoms with Gasteiger partial charge in [-0.1, -0.05) is 28.9 Å². The fourth-order valence-electron chi connectivity index (χ4n) is 2.98. The number of halogens is 1. The molecular formula is C19H16ClN3O5. The zero-order valence-corrected chi connectivity index (χ0v) is 15.5. The first-order valence-corrected chi connectivity index (χ1v) is 9.01. The van der Waals surface area contributed by atoms with Crippen LogP contribution in [0.4, 0.5) is 0 Å². The molecule has 1 aliphatic rings. The third kappa shape index (κ3) is 4.07. The van der Waals surface area contributed by atoms with Gasteiger partial charge in [0.25, 0.3) is 5.89 Å². The minimum atomic E-state index is -0.530. The minimum absolute atomic E-state index is 0.108. The summed E-state index contributed by atoms with van der Waals surface area (Å²) in [5.74, 6) is 0.0750. The Bertz CT molecular complexity index is 985. The summed E-state index contributed by atoms with van der Waals surface area (Å²) in [4.78, 5) is 30.2. The molecule has 144 valence electrons.